The van der Waals surface area contributed by atoms with Crippen molar-refractivity contribution in [3.63, 3.8) is 0 Å². The average Bonchev–Trinajstić information content (AvgIpc) is 2.29. The summed E-state index contributed by atoms with van der Waals surface area (Å²) < 4.78 is 23.0. The minimum absolute atomic E-state index is 0.0503. The quantitative estimate of drug-likeness (QED) is 0.839. The maximum atomic E-state index is 12.4. The van der Waals surface area contributed by atoms with Crippen molar-refractivity contribution in [2.24, 2.45) is 0 Å². The number of carbonyl (C=O) groups is 1. The van der Waals surface area contributed by atoms with E-state index in [0.29, 0.717) is 5.56 Å². The van der Waals surface area contributed by atoms with Crippen molar-refractivity contribution in [2.75, 3.05) is 0 Å². The van der Waals surface area contributed by atoms with Crippen LogP contribution in [-0.2, 0) is 9.05 Å². The third-order valence-electron chi connectivity index (χ3n) is 3.49. The van der Waals surface area contributed by atoms with Gasteiger partial charge in [-0.1, -0.05) is 13.3 Å². The molecule has 118 valence electrons. The Morgan fingerprint density at radius 3 is 2.33 bits per heavy atom. The van der Waals surface area contributed by atoms with Crippen LogP contribution in [0.25, 0.3) is 0 Å². The van der Waals surface area contributed by atoms with Gasteiger partial charge in [0, 0.05) is 21.8 Å². The second kappa shape index (κ2) is 6.36. The highest BCUT2D eigenvalue weighted by molar-refractivity contribution is 8.13. The molecule has 0 bridgehead atoms. The summed E-state index contributed by atoms with van der Waals surface area (Å²) in [5, 5.41) is 2.94. The fourth-order valence-electron chi connectivity index (χ4n) is 2.27. The van der Waals surface area contributed by atoms with Crippen molar-refractivity contribution < 1.29 is 13.2 Å². The molecule has 0 saturated heterocycles. The second-order valence-electron chi connectivity index (χ2n) is 5.94. The molecular weight excluding hydrogens is 310 g/mol. The fourth-order valence-corrected chi connectivity index (χ4v) is 3.11. The van der Waals surface area contributed by atoms with Gasteiger partial charge in [0.25, 0.3) is 15.0 Å². The molecule has 0 aromatic heterocycles. The molecule has 0 radical (unpaired) electrons. The zero-order valence-electron chi connectivity index (χ0n) is 13.1. The number of carbonyl (C=O) groups excluding carboxylic acids is 1. The molecule has 0 fully saturated rings. The van der Waals surface area contributed by atoms with Gasteiger partial charge in [-0.2, -0.15) is 0 Å². The lowest BCUT2D eigenvalue weighted by Crippen LogP contribution is -2.43. The summed E-state index contributed by atoms with van der Waals surface area (Å²) in [4.78, 5) is 12.4. The smallest absolute Gasteiger partial charge is 0.261 e. The monoisotopic (exact) mass is 331 g/mol. The minimum atomic E-state index is -3.86. The Labute approximate surface area is 131 Å². The average molecular weight is 332 g/mol. The van der Waals surface area contributed by atoms with Crippen molar-refractivity contribution in [3.8, 4) is 0 Å². The Morgan fingerprint density at radius 2 is 1.86 bits per heavy atom. The Balaban J connectivity index is 3.24. The van der Waals surface area contributed by atoms with Crippen molar-refractivity contribution in [1.29, 1.82) is 0 Å². The van der Waals surface area contributed by atoms with Gasteiger partial charge >= 0.3 is 0 Å². The summed E-state index contributed by atoms with van der Waals surface area (Å²) in [5.41, 5.74) is 1.47. The molecule has 4 nitrogen and oxygen atoms in total. The second-order valence-corrected chi connectivity index (χ2v) is 8.50. The molecule has 1 rings (SSSR count). The van der Waals surface area contributed by atoms with E-state index in [0.717, 1.165) is 24.0 Å². The van der Waals surface area contributed by atoms with Crippen LogP contribution in [0.15, 0.2) is 17.0 Å². The molecule has 6 heteroatoms. The van der Waals surface area contributed by atoms with Crippen molar-refractivity contribution in [2.45, 2.75) is 57.9 Å². The number of nitrogens with one attached hydrogen (secondary N) is 1. The molecule has 0 aliphatic heterocycles. The Kier molecular flexibility index (Phi) is 5.45. The van der Waals surface area contributed by atoms with Crippen molar-refractivity contribution in [3.05, 3.63) is 28.8 Å². The van der Waals surface area contributed by atoms with Crippen LogP contribution in [0.2, 0.25) is 0 Å². The molecule has 0 spiro atoms. The van der Waals surface area contributed by atoms with Crippen LogP contribution in [0.1, 0.15) is 55.1 Å². The summed E-state index contributed by atoms with van der Waals surface area (Å²) >= 11 is 0. The van der Waals surface area contributed by atoms with Gasteiger partial charge in [0.2, 0.25) is 0 Å². The van der Waals surface area contributed by atoms with E-state index >= 15 is 0 Å². The highest BCUT2D eigenvalue weighted by atomic mass is 35.7. The standard InChI is InChI=1S/C15H22ClNO3S/c1-6-7-15(4,5)17-14(18)13-9-12(21(16,19)20)8-10(2)11(13)3/h8-9H,6-7H2,1-5H3,(H,17,18). The number of hydrogen-bond acceptors (Lipinski definition) is 3. The van der Waals surface area contributed by atoms with Gasteiger partial charge in [-0.15, -0.1) is 0 Å². The number of amides is 1. The van der Waals surface area contributed by atoms with E-state index in [1.807, 2.05) is 20.8 Å². The first-order valence-corrected chi connectivity index (χ1v) is 9.17. The largest absolute Gasteiger partial charge is 0.347 e. The van der Waals surface area contributed by atoms with Crippen LogP contribution in [0.5, 0.6) is 0 Å². The molecule has 1 amide bonds. The number of benzene rings is 1. The molecule has 21 heavy (non-hydrogen) atoms. The Hall–Kier alpha value is -1.07. The Morgan fingerprint density at radius 1 is 1.29 bits per heavy atom. The molecule has 0 aliphatic rings. The predicted octanol–water partition coefficient (Wildman–Crippen LogP) is 3.54. The third kappa shape index (κ3) is 4.71. The number of halogens is 1. The van der Waals surface area contributed by atoms with Gasteiger partial charge in [0.05, 0.1) is 4.90 Å². The number of aryl methyl sites for hydroxylation is 1. The molecule has 1 aromatic carbocycles. The first-order chi connectivity index (χ1) is 9.48. The number of rotatable bonds is 5. The highest BCUT2D eigenvalue weighted by Crippen LogP contribution is 2.23. The van der Waals surface area contributed by atoms with Gasteiger partial charge in [-0.3, -0.25) is 4.79 Å². The molecule has 0 atom stereocenters. The first kappa shape index (κ1) is 18.0. The van der Waals surface area contributed by atoms with Crippen LogP contribution < -0.4 is 5.32 Å². The fraction of sp³-hybridized carbons (Fsp3) is 0.533. The van der Waals surface area contributed by atoms with Crippen molar-refractivity contribution in [1.82, 2.24) is 5.32 Å². The van der Waals surface area contributed by atoms with Gasteiger partial charge in [-0.05, 0) is 57.4 Å². The van der Waals surface area contributed by atoms with Gasteiger partial charge in [0.1, 0.15) is 0 Å². The SMILES string of the molecule is CCCC(C)(C)NC(=O)c1cc(S(=O)(=O)Cl)cc(C)c1C. The van der Waals surface area contributed by atoms with E-state index in [1.165, 1.54) is 12.1 Å². The highest BCUT2D eigenvalue weighted by Gasteiger charge is 2.23. The van der Waals surface area contributed by atoms with Gasteiger partial charge in [-0.25, -0.2) is 8.42 Å². The van der Waals surface area contributed by atoms with E-state index in [9.17, 15) is 13.2 Å². The number of hydrogen-bond donors (Lipinski definition) is 1. The lowest BCUT2D eigenvalue weighted by molar-refractivity contribution is 0.0908. The Bertz CT molecular complexity index is 651. The molecule has 1 N–H and O–H groups in total. The van der Waals surface area contributed by atoms with Crippen LogP contribution in [0.3, 0.4) is 0 Å². The topological polar surface area (TPSA) is 63.2 Å². The molecule has 0 heterocycles. The summed E-state index contributed by atoms with van der Waals surface area (Å²) in [7, 11) is 1.52. The van der Waals surface area contributed by atoms with E-state index in [-0.39, 0.29) is 16.3 Å². The van der Waals surface area contributed by atoms with Crippen LogP contribution in [0.4, 0.5) is 0 Å². The zero-order chi connectivity index (χ0) is 16.4. The first-order valence-electron chi connectivity index (χ1n) is 6.86. The van der Waals surface area contributed by atoms with Crippen LogP contribution in [-0.4, -0.2) is 19.9 Å². The van der Waals surface area contributed by atoms with E-state index in [4.69, 9.17) is 10.7 Å². The summed E-state index contributed by atoms with van der Waals surface area (Å²) in [6.45, 7) is 9.48. The summed E-state index contributed by atoms with van der Waals surface area (Å²) in [6.07, 6.45) is 1.78. The maximum Gasteiger partial charge on any atom is 0.261 e. The predicted molar refractivity (Wildman–Crippen MR) is 85.4 cm³/mol. The lowest BCUT2D eigenvalue weighted by atomic mass is 9.97. The lowest BCUT2D eigenvalue weighted by Gasteiger charge is -2.26. The molecule has 0 aliphatic carbocycles. The third-order valence-corrected chi connectivity index (χ3v) is 4.83. The molecule has 0 saturated carbocycles. The van der Waals surface area contributed by atoms with E-state index in [2.05, 4.69) is 5.32 Å². The van der Waals surface area contributed by atoms with E-state index in [1.54, 1.807) is 13.8 Å². The summed E-state index contributed by atoms with van der Waals surface area (Å²) in [5.74, 6) is -0.281. The normalized spacial score (nSPS) is 12.3. The summed E-state index contributed by atoms with van der Waals surface area (Å²) in [6, 6.07) is 2.81. The molecule has 1 aromatic rings. The maximum absolute atomic E-state index is 12.4. The minimum Gasteiger partial charge on any atom is -0.347 e. The molecule has 0 unspecified atom stereocenters. The zero-order valence-corrected chi connectivity index (χ0v) is 14.7. The van der Waals surface area contributed by atoms with E-state index < -0.39 is 9.05 Å². The molecular formula is C15H22ClNO3S. The van der Waals surface area contributed by atoms with Crippen molar-refractivity contribution >= 4 is 25.6 Å². The van der Waals surface area contributed by atoms with Crippen LogP contribution >= 0.6 is 10.7 Å². The van der Waals surface area contributed by atoms with Gasteiger partial charge in [0.15, 0.2) is 0 Å². The van der Waals surface area contributed by atoms with Gasteiger partial charge < -0.3 is 5.32 Å². The van der Waals surface area contributed by atoms with Crippen LogP contribution in [0, 0.1) is 13.8 Å².